The first-order valence-corrected chi connectivity index (χ1v) is 11.4. The Morgan fingerprint density at radius 1 is 1.19 bits per heavy atom. The van der Waals surface area contributed by atoms with E-state index in [2.05, 4.69) is 15.0 Å². The average molecular weight is 438 g/mol. The number of carbonyl (C=O) groups is 2. The van der Waals surface area contributed by atoms with E-state index in [0.717, 1.165) is 35.3 Å². The molecule has 7 nitrogen and oxygen atoms in total. The van der Waals surface area contributed by atoms with E-state index in [9.17, 15) is 9.59 Å². The number of piperidine rings is 1. The van der Waals surface area contributed by atoms with Gasteiger partial charge in [0.1, 0.15) is 11.9 Å². The number of aromatic nitrogens is 1. The SMILES string of the molecule is N[C@@H](C(=O)N(CCNc1nsc2ccccc12)C(=O)C1CCCNC1)c1ccccc1. The Balaban J connectivity index is 1.48. The minimum absolute atomic E-state index is 0.159. The van der Waals surface area contributed by atoms with E-state index in [0.29, 0.717) is 18.7 Å². The van der Waals surface area contributed by atoms with E-state index in [4.69, 9.17) is 5.73 Å². The normalized spacial score (nSPS) is 17.3. The van der Waals surface area contributed by atoms with Crippen LogP contribution in [0.5, 0.6) is 0 Å². The third-order valence-corrected chi connectivity index (χ3v) is 6.43. The van der Waals surface area contributed by atoms with Crippen molar-refractivity contribution in [2.24, 2.45) is 11.7 Å². The molecule has 0 saturated carbocycles. The minimum atomic E-state index is -0.873. The fourth-order valence-electron chi connectivity index (χ4n) is 3.88. The predicted molar refractivity (Wildman–Crippen MR) is 124 cm³/mol. The Hall–Kier alpha value is -2.81. The number of hydrogen-bond donors (Lipinski definition) is 3. The van der Waals surface area contributed by atoms with Gasteiger partial charge in [-0.2, -0.15) is 4.37 Å². The summed E-state index contributed by atoms with van der Waals surface area (Å²) >= 11 is 1.42. The number of hydrogen-bond acceptors (Lipinski definition) is 7. The van der Waals surface area contributed by atoms with Gasteiger partial charge in [-0.05, 0) is 48.6 Å². The molecular formula is C23H27N5O2S. The second kappa shape index (κ2) is 10.00. The molecule has 1 aliphatic heterocycles. The number of amides is 2. The van der Waals surface area contributed by atoms with E-state index in [1.54, 1.807) is 0 Å². The van der Waals surface area contributed by atoms with E-state index in [-0.39, 0.29) is 24.3 Å². The standard InChI is InChI=1S/C23H27N5O2S/c24-20(16-7-2-1-3-8-16)23(30)28(22(29)17-9-6-12-25-15-17)14-13-26-21-18-10-4-5-11-19(18)31-27-21/h1-5,7-8,10-11,17,20,25H,6,9,12-15,24H2,(H,26,27)/t17?,20-/m1/s1. The summed E-state index contributed by atoms with van der Waals surface area (Å²) in [5.41, 5.74) is 6.96. The summed E-state index contributed by atoms with van der Waals surface area (Å²) in [6.07, 6.45) is 1.70. The van der Waals surface area contributed by atoms with Crippen molar-refractivity contribution in [3.05, 3.63) is 60.2 Å². The highest BCUT2D eigenvalue weighted by atomic mass is 32.1. The lowest BCUT2D eigenvalue weighted by molar-refractivity contribution is -0.148. The largest absolute Gasteiger partial charge is 0.367 e. The molecule has 1 unspecified atom stereocenters. The smallest absolute Gasteiger partial charge is 0.250 e. The number of imide groups is 1. The van der Waals surface area contributed by atoms with E-state index in [1.165, 1.54) is 16.4 Å². The van der Waals surface area contributed by atoms with Crippen molar-refractivity contribution < 1.29 is 9.59 Å². The third-order valence-electron chi connectivity index (χ3n) is 5.61. The van der Waals surface area contributed by atoms with Crippen molar-refractivity contribution in [1.82, 2.24) is 14.6 Å². The Bertz CT molecular complexity index is 1030. The number of anilines is 1. The van der Waals surface area contributed by atoms with Crippen LogP contribution in [-0.4, -0.2) is 47.3 Å². The van der Waals surface area contributed by atoms with Gasteiger partial charge in [-0.1, -0.05) is 42.5 Å². The lowest BCUT2D eigenvalue weighted by Crippen LogP contribution is -2.50. The fraction of sp³-hybridized carbons (Fsp3) is 0.348. The van der Waals surface area contributed by atoms with E-state index in [1.807, 2.05) is 54.6 Å². The zero-order valence-corrected chi connectivity index (χ0v) is 18.1. The maximum absolute atomic E-state index is 13.3. The van der Waals surface area contributed by atoms with Crippen molar-refractivity contribution in [3.63, 3.8) is 0 Å². The van der Waals surface area contributed by atoms with Crippen LogP contribution in [0.4, 0.5) is 5.82 Å². The molecule has 2 heterocycles. The van der Waals surface area contributed by atoms with Crippen molar-refractivity contribution in [2.45, 2.75) is 18.9 Å². The van der Waals surface area contributed by atoms with Gasteiger partial charge in [0.15, 0.2) is 0 Å². The van der Waals surface area contributed by atoms with Gasteiger partial charge >= 0.3 is 0 Å². The molecule has 2 amide bonds. The Morgan fingerprint density at radius 2 is 1.97 bits per heavy atom. The zero-order valence-electron chi connectivity index (χ0n) is 17.3. The van der Waals surface area contributed by atoms with Crippen molar-refractivity contribution in [2.75, 3.05) is 31.5 Å². The van der Waals surface area contributed by atoms with Crippen LogP contribution in [-0.2, 0) is 9.59 Å². The monoisotopic (exact) mass is 437 g/mol. The van der Waals surface area contributed by atoms with Gasteiger partial charge in [-0.25, -0.2) is 0 Å². The third kappa shape index (κ3) is 4.92. The molecule has 0 spiro atoms. The van der Waals surface area contributed by atoms with Crippen LogP contribution < -0.4 is 16.4 Å². The summed E-state index contributed by atoms with van der Waals surface area (Å²) in [5.74, 6) is 0.0353. The van der Waals surface area contributed by atoms with Crippen molar-refractivity contribution in [1.29, 1.82) is 0 Å². The molecule has 2 aromatic carbocycles. The molecule has 1 aromatic heterocycles. The quantitative estimate of drug-likeness (QED) is 0.526. The molecule has 1 fully saturated rings. The van der Waals surface area contributed by atoms with Crippen LogP contribution in [0.15, 0.2) is 54.6 Å². The van der Waals surface area contributed by atoms with Gasteiger partial charge in [0.25, 0.3) is 5.91 Å². The van der Waals surface area contributed by atoms with Crippen LogP contribution in [0.25, 0.3) is 10.1 Å². The number of carbonyl (C=O) groups excluding carboxylic acids is 2. The number of nitrogens with two attached hydrogens (primary N) is 1. The molecule has 4 N–H and O–H groups in total. The van der Waals surface area contributed by atoms with Crippen LogP contribution >= 0.6 is 11.5 Å². The first-order valence-electron chi connectivity index (χ1n) is 10.6. The molecule has 162 valence electrons. The number of fused-ring (bicyclic) bond motifs is 1. The second-order valence-electron chi connectivity index (χ2n) is 7.71. The summed E-state index contributed by atoms with van der Waals surface area (Å²) in [4.78, 5) is 27.8. The highest BCUT2D eigenvalue weighted by molar-refractivity contribution is 7.13. The zero-order chi connectivity index (χ0) is 21.6. The van der Waals surface area contributed by atoms with Gasteiger partial charge in [0.05, 0.1) is 10.6 Å². The molecule has 2 atom stereocenters. The average Bonchev–Trinajstić information content (AvgIpc) is 3.25. The number of nitrogens with zero attached hydrogens (tertiary/aromatic N) is 2. The van der Waals surface area contributed by atoms with E-state index < -0.39 is 6.04 Å². The number of nitrogens with one attached hydrogen (secondary N) is 2. The Morgan fingerprint density at radius 3 is 2.74 bits per heavy atom. The predicted octanol–water partition coefficient (Wildman–Crippen LogP) is 2.76. The topological polar surface area (TPSA) is 100 Å². The van der Waals surface area contributed by atoms with Crippen molar-refractivity contribution >= 4 is 39.3 Å². The lowest BCUT2D eigenvalue weighted by atomic mass is 9.97. The van der Waals surface area contributed by atoms with Gasteiger partial charge in [-0.15, -0.1) is 0 Å². The highest BCUT2D eigenvalue weighted by Gasteiger charge is 2.32. The van der Waals surface area contributed by atoms with E-state index >= 15 is 0 Å². The molecule has 0 aliphatic carbocycles. The summed E-state index contributed by atoms with van der Waals surface area (Å²) < 4.78 is 5.55. The van der Waals surface area contributed by atoms with Gasteiger partial charge in [-0.3, -0.25) is 14.5 Å². The van der Waals surface area contributed by atoms with Gasteiger partial charge in [0.2, 0.25) is 5.91 Å². The van der Waals surface area contributed by atoms with Crippen molar-refractivity contribution in [3.8, 4) is 0 Å². The number of rotatable bonds is 7. The molecular weight excluding hydrogens is 410 g/mol. The van der Waals surface area contributed by atoms with Crippen LogP contribution in [0, 0.1) is 5.92 Å². The molecule has 0 radical (unpaired) electrons. The highest BCUT2D eigenvalue weighted by Crippen LogP contribution is 2.26. The van der Waals surface area contributed by atoms with Crippen LogP contribution in [0.1, 0.15) is 24.4 Å². The molecule has 8 heteroatoms. The molecule has 31 heavy (non-hydrogen) atoms. The summed E-state index contributed by atoms with van der Waals surface area (Å²) in [6.45, 7) is 2.14. The summed E-state index contributed by atoms with van der Waals surface area (Å²) in [7, 11) is 0. The minimum Gasteiger partial charge on any atom is -0.367 e. The molecule has 1 aliphatic rings. The van der Waals surface area contributed by atoms with Gasteiger partial charge < -0.3 is 16.4 Å². The van der Waals surface area contributed by atoms with Gasteiger partial charge in [0, 0.05) is 25.0 Å². The first kappa shape index (κ1) is 21.4. The molecule has 1 saturated heterocycles. The molecule has 0 bridgehead atoms. The van der Waals surface area contributed by atoms with Crippen LogP contribution in [0.2, 0.25) is 0 Å². The second-order valence-corrected chi connectivity index (χ2v) is 8.52. The summed E-state index contributed by atoms with van der Waals surface area (Å²) in [5, 5.41) is 7.58. The summed E-state index contributed by atoms with van der Waals surface area (Å²) in [6, 6.07) is 16.3. The first-order chi connectivity index (χ1) is 15.1. The maximum Gasteiger partial charge on any atom is 0.250 e. The Kier molecular flexibility index (Phi) is 6.91. The molecule has 3 aromatic rings. The maximum atomic E-state index is 13.3. The Labute approximate surface area is 185 Å². The lowest BCUT2D eigenvalue weighted by Gasteiger charge is -2.30. The van der Waals surface area contributed by atoms with Crippen LogP contribution in [0.3, 0.4) is 0 Å². The number of benzene rings is 2. The fourth-order valence-corrected chi connectivity index (χ4v) is 4.64. The molecule has 4 rings (SSSR count).